The van der Waals surface area contributed by atoms with Gasteiger partial charge in [-0.25, -0.2) is 0 Å². The molecular weight excluding hydrogens is 170 g/mol. The fraction of sp³-hybridized carbons (Fsp3) is 0.667. The number of hydrogen-bond donors (Lipinski definition) is 3. The highest BCUT2D eigenvalue weighted by atomic mass is 16.3. The molecule has 0 aromatic heterocycles. The van der Waals surface area contributed by atoms with Crippen molar-refractivity contribution in [1.82, 2.24) is 5.32 Å². The van der Waals surface area contributed by atoms with Crippen LogP contribution in [-0.2, 0) is 4.79 Å². The van der Waals surface area contributed by atoms with Crippen LogP contribution in [0.15, 0.2) is 12.2 Å². The lowest BCUT2D eigenvalue weighted by Gasteiger charge is -2.07. The molecule has 0 atom stereocenters. The van der Waals surface area contributed by atoms with E-state index in [4.69, 9.17) is 10.2 Å². The molecule has 4 nitrogen and oxygen atoms in total. The summed E-state index contributed by atoms with van der Waals surface area (Å²) >= 11 is 0. The summed E-state index contributed by atoms with van der Waals surface area (Å²) in [5.74, 6) is -0.0896. The second-order valence-electron chi connectivity index (χ2n) is 2.76. The summed E-state index contributed by atoms with van der Waals surface area (Å²) in [6.45, 7) is 0.144. The number of hydrogen-bond acceptors (Lipinski definition) is 3. The SMILES string of the molecule is CNC(=O)/C=C/C(CCO)CCO. The number of rotatable bonds is 6. The topological polar surface area (TPSA) is 69.6 Å². The van der Waals surface area contributed by atoms with Gasteiger partial charge in [-0.15, -0.1) is 0 Å². The lowest BCUT2D eigenvalue weighted by atomic mass is 10.0. The first-order chi connectivity index (χ1) is 6.24. The predicted molar refractivity (Wildman–Crippen MR) is 50.1 cm³/mol. The smallest absolute Gasteiger partial charge is 0.243 e. The standard InChI is InChI=1S/C9H17NO3/c1-10-9(13)3-2-8(4-6-11)5-7-12/h2-3,8,11-12H,4-7H2,1H3,(H,10,13)/b3-2+. The van der Waals surface area contributed by atoms with Gasteiger partial charge in [0.2, 0.25) is 5.91 Å². The number of nitrogens with one attached hydrogen (secondary N) is 1. The summed E-state index contributed by atoms with van der Waals surface area (Å²) in [7, 11) is 1.56. The third-order valence-electron chi connectivity index (χ3n) is 1.77. The number of carbonyl (C=O) groups excluding carboxylic acids is 1. The number of likely N-dealkylation sites (N-methyl/N-ethyl adjacent to an activating group) is 1. The maximum absolute atomic E-state index is 10.8. The van der Waals surface area contributed by atoms with Gasteiger partial charge in [-0.1, -0.05) is 6.08 Å². The van der Waals surface area contributed by atoms with Crippen LogP contribution in [0.2, 0.25) is 0 Å². The molecule has 0 aliphatic rings. The van der Waals surface area contributed by atoms with Crippen LogP contribution in [0.25, 0.3) is 0 Å². The fourth-order valence-electron chi connectivity index (χ4n) is 0.975. The predicted octanol–water partition coefficient (Wildman–Crippen LogP) is -0.330. The van der Waals surface area contributed by atoms with Gasteiger partial charge < -0.3 is 15.5 Å². The van der Waals surface area contributed by atoms with Crippen molar-refractivity contribution in [2.24, 2.45) is 5.92 Å². The quantitative estimate of drug-likeness (QED) is 0.499. The van der Waals surface area contributed by atoms with E-state index in [1.807, 2.05) is 0 Å². The van der Waals surface area contributed by atoms with Crippen LogP contribution in [0.4, 0.5) is 0 Å². The number of aliphatic hydroxyl groups is 2. The Kier molecular flexibility index (Phi) is 7.24. The van der Waals surface area contributed by atoms with Crippen molar-refractivity contribution in [1.29, 1.82) is 0 Å². The van der Waals surface area contributed by atoms with E-state index in [1.165, 1.54) is 6.08 Å². The second-order valence-corrected chi connectivity index (χ2v) is 2.76. The molecule has 0 saturated heterocycles. The van der Waals surface area contributed by atoms with E-state index in [0.717, 1.165) is 0 Å². The summed E-state index contributed by atoms with van der Waals surface area (Å²) < 4.78 is 0. The molecule has 0 radical (unpaired) electrons. The van der Waals surface area contributed by atoms with Gasteiger partial charge in [0.05, 0.1) is 0 Å². The average Bonchev–Trinajstić information content (AvgIpc) is 2.14. The number of aliphatic hydroxyl groups excluding tert-OH is 2. The van der Waals surface area contributed by atoms with Crippen LogP contribution in [0.3, 0.4) is 0 Å². The van der Waals surface area contributed by atoms with Gasteiger partial charge in [-0.05, 0) is 24.8 Å². The first-order valence-electron chi connectivity index (χ1n) is 4.36. The van der Waals surface area contributed by atoms with Crippen molar-refractivity contribution in [3.63, 3.8) is 0 Å². The van der Waals surface area contributed by atoms with Crippen LogP contribution in [0, 0.1) is 5.92 Å². The molecule has 0 bridgehead atoms. The van der Waals surface area contributed by atoms with E-state index in [0.29, 0.717) is 12.8 Å². The Morgan fingerprint density at radius 1 is 1.38 bits per heavy atom. The molecular formula is C9H17NO3. The molecule has 0 spiro atoms. The Labute approximate surface area is 78.3 Å². The van der Waals surface area contributed by atoms with Crippen molar-refractivity contribution >= 4 is 5.91 Å². The van der Waals surface area contributed by atoms with E-state index in [9.17, 15) is 4.79 Å². The maximum Gasteiger partial charge on any atom is 0.243 e. The van der Waals surface area contributed by atoms with E-state index in [1.54, 1.807) is 13.1 Å². The molecule has 0 aliphatic heterocycles. The maximum atomic E-state index is 10.8. The first kappa shape index (κ1) is 12.1. The minimum Gasteiger partial charge on any atom is -0.396 e. The van der Waals surface area contributed by atoms with Gasteiger partial charge in [0.15, 0.2) is 0 Å². The van der Waals surface area contributed by atoms with Crippen molar-refractivity contribution in [2.45, 2.75) is 12.8 Å². The van der Waals surface area contributed by atoms with Crippen LogP contribution >= 0.6 is 0 Å². The molecule has 0 aliphatic carbocycles. The highest BCUT2D eigenvalue weighted by molar-refractivity contribution is 5.87. The largest absolute Gasteiger partial charge is 0.396 e. The number of amides is 1. The van der Waals surface area contributed by atoms with Crippen molar-refractivity contribution in [2.75, 3.05) is 20.3 Å². The average molecular weight is 187 g/mol. The van der Waals surface area contributed by atoms with E-state index >= 15 is 0 Å². The third kappa shape index (κ3) is 6.31. The zero-order valence-electron chi connectivity index (χ0n) is 7.86. The third-order valence-corrected chi connectivity index (χ3v) is 1.77. The Morgan fingerprint density at radius 2 is 1.92 bits per heavy atom. The minimum atomic E-state index is -0.166. The Hall–Kier alpha value is -0.870. The Bertz CT molecular complexity index is 162. The van der Waals surface area contributed by atoms with Gasteiger partial charge in [0.25, 0.3) is 0 Å². The zero-order chi connectivity index (χ0) is 10.1. The van der Waals surface area contributed by atoms with Crippen LogP contribution in [0.1, 0.15) is 12.8 Å². The monoisotopic (exact) mass is 187 g/mol. The summed E-state index contributed by atoms with van der Waals surface area (Å²) in [4.78, 5) is 10.8. The van der Waals surface area contributed by atoms with E-state index < -0.39 is 0 Å². The normalized spacial score (nSPS) is 11.1. The fourth-order valence-corrected chi connectivity index (χ4v) is 0.975. The zero-order valence-corrected chi connectivity index (χ0v) is 7.86. The van der Waals surface area contributed by atoms with Crippen LogP contribution in [0.5, 0.6) is 0 Å². The lowest BCUT2D eigenvalue weighted by Crippen LogP contribution is -2.15. The number of allylic oxidation sites excluding steroid dienone is 1. The summed E-state index contributed by atoms with van der Waals surface area (Å²) in [5.41, 5.74) is 0. The Balaban J connectivity index is 3.91. The molecule has 3 N–H and O–H groups in total. The molecule has 76 valence electrons. The van der Waals surface area contributed by atoms with Crippen molar-refractivity contribution in [3.05, 3.63) is 12.2 Å². The molecule has 13 heavy (non-hydrogen) atoms. The molecule has 0 fully saturated rings. The van der Waals surface area contributed by atoms with Crippen molar-refractivity contribution < 1.29 is 15.0 Å². The summed E-state index contributed by atoms with van der Waals surface area (Å²) in [6.07, 6.45) is 4.30. The minimum absolute atomic E-state index is 0.0722. The van der Waals surface area contributed by atoms with Gasteiger partial charge in [-0.2, -0.15) is 0 Å². The second kappa shape index (κ2) is 7.76. The summed E-state index contributed by atoms with van der Waals surface area (Å²) in [5, 5.41) is 19.8. The molecule has 0 aromatic carbocycles. The molecule has 0 unspecified atom stereocenters. The highest BCUT2D eigenvalue weighted by Gasteiger charge is 2.03. The number of carbonyl (C=O) groups is 1. The highest BCUT2D eigenvalue weighted by Crippen LogP contribution is 2.08. The van der Waals surface area contributed by atoms with Crippen LogP contribution < -0.4 is 5.32 Å². The van der Waals surface area contributed by atoms with Gasteiger partial charge in [0.1, 0.15) is 0 Å². The molecule has 0 aromatic rings. The van der Waals surface area contributed by atoms with E-state index in [-0.39, 0.29) is 25.0 Å². The molecule has 0 saturated carbocycles. The summed E-state index contributed by atoms with van der Waals surface area (Å²) in [6, 6.07) is 0. The van der Waals surface area contributed by atoms with Gasteiger partial charge in [-0.3, -0.25) is 4.79 Å². The lowest BCUT2D eigenvalue weighted by molar-refractivity contribution is -0.116. The Morgan fingerprint density at radius 3 is 2.31 bits per heavy atom. The molecule has 0 rings (SSSR count). The van der Waals surface area contributed by atoms with Crippen molar-refractivity contribution in [3.8, 4) is 0 Å². The first-order valence-corrected chi connectivity index (χ1v) is 4.36. The van der Waals surface area contributed by atoms with Gasteiger partial charge in [0, 0.05) is 20.3 Å². The molecule has 4 heteroatoms. The van der Waals surface area contributed by atoms with Crippen LogP contribution in [-0.4, -0.2) is 36.4 Å². The molecule has 1 amide bonds. The van der Waals surface area contributed by atoms with E-state index in [2.05, 4.69) is 5.32 Å². The van der Waals surface area contributed by atoms with Gasteiger partial charge >= 0.3 is 0 Å². The molecule has 0 heterocycles.